The van der Waals surface area contributed by atoms with Crippen molar-refractivity contribution in [2.45, 2.75) is 13.0 Å². The van der Waals surface area contributed by atoms with Gasteiger partial charge < -0.3 is 14.6 Å². The van der Waals surface area contributed by atoms with Crippen molar-refractivity contribution in [3.63, 3.8) is 0 Å². The van der Waals surface area contributed by atoms with Crippen LogP contribution in [0.2, 0.25) is 0 Å². The number of aliphatic hydroxyl groups is 1. The van der Waals surface area contributed by atoms with Crippen LogP contribution >= 0.6 is 15.9 Å². The van der Waals surface area contributed by atoms with Crippen LogP contribution in [0.4, 0.5) is 0 Å². The highest BCUT2D eigenvalue weighted by Crippen LogP contribution is 2.33. The summed E-state index contributed by atoms with van der Waals surface area (Å²) in [6.07, 6.45) is -0.761. The quantitative estimate of drug-likeness (QED) is 0.898. The molecule has 0 aliphatic heterocycles. The Morgan fingerprint density at radius 3 is 2.70 bits per heavy atom. The normalized spacial score (nSPS) is 12.0. The van der Waals surface area contributed by atoms with E-state index in [4.69, 9.17) is 9.47 Å². The third-order valence-electron chi connectivity index (χ3n) is 2.97. The van der Waals surface area contributed by atoms with Crippen LogP contribution < -0.4 is 9.47 Å². The molecule has 1 N–H and O–H groups in total. The first-order valence-electron chi connectivity index (χ1n) is 6.40. The predicted octanol–water partition coefficient (Wildman–Crippen LogP) is 3.94. The van der Waals surface area contributed by atoms with Gasteiger partial charge in [0.25, 0.3) is 0 Å². The number of rotatable bonds is 5. The number of methoxy groups -OCH3 is 1. The zero-order valence-electron chi connectivity index (χ0n) is 11.5. The zero-order chi connectivity index (χ0) is 14.5. The minimum atomic E-state index is -0.761. The molecule has 2 rings (SSSR count). The minimum Gasteiger partial charge on any atom is -0.496 e. The highest BCUT2D eigenvalue weighted by atomic mass is 79.9. The number of aliphatic hydroxyl groups excluding tert-OH is 1. The van der Waals surface area contributed by atoms with E-state index in [1.165, 1.54) is 0 Å². The Kier molecular flexibility index (Phi) is 5.04. The summed E-state index contributed by atoms with van der Waals surface area (Å²) in [6, 6.07) is 13.0. The van der Waals surface area contributed by atoms with Gasteiger partial charge in [0.15, 0.2) is 0 Å². The molecule has 2 aromatic rings. The summed E-state index contributed by atoms with van der Waals surface area (Å²) in [5.74, 6) is 1.40. The number of benzene rings is 2. The molecule has 0 bridgehead atoms. The lowest BCUT2D eigenvalue weighted by Crippen LogP contribution is -2.03. The van der Waals surface area contributed by atoms with Gasteiger partial charge in [0.2, 0.25) is 0 Å². The summed E-state index contributed by atoms with van der Waals surface area (Å²) in [6.45, 7) is 2.53. The third-order valence-corrected chi connectivity index (χ3v) is 3.46. The molecule has 0 saturated heterocycles. The van der Waals surface area contributed by atoms with Crippen LogP contribution in [0, 0.1) is 0 Å². The molecular formula is C16H17BrO3. The van der Waals surface area contributed by atoms with Gasteiger partial charge >= 0.3 is 0 Å². The van der Waals surface area contributed by atoms with Crippen molar-refractivity contribution >= 4 is 15.9 Å². The maximum atomic E-state index is 10.6. The monoisotopic (exact) mass is 336 g/mol. The zero-order valence-corrected chi connectivity index (χ0v) is 13.1. The molecule has 106 valence electrons. The first-order chi connectivity index (χ1) is 9.65. The van der Waals surface area contributed by atoms with Crippen LogP contribution in [0.3, 0.4) is 0 Å². The molecule has 1 atom stereocenters. The summed E-state index contributed by atoms with van der Waals surface area (Å²) >= 11 is 3.41. The van der Waals surface area contributed by atoms with Crippen molar-refractivity contribution in [3.8, 4) is 11.5 Å². The standard InChI is InChI=1S/C16H17BrO3/c1-3-20-13-6-4-5-11(9-13)16(18)14-10-12(17)7-8-15(14)19-2/h4-10,16,18H,3H2,1-2H3. The van der Waals surface area contributed by atoms with Gasteiger partial charge in [0, 0.05) is 10.0 Å². The van der Waals surface area contributed by atoms with Crippen molar-refractivity contribution in [2.75, 3.05) is 13.7 Å². The molecular weight excluding hydrogens is 320 g/mol. The average Bonchev–Trinajstić information content (AvgIpc) is 2.47. The molecule has 0 fully saturated rings. The Balaban J connectivity index is 2.37. The van der Waals surface area contributed by atoms with Crippen molar-refractivity contribution in [3.05, 3.63) is 58.1 Å². The molecule has 0 heterocycles. The summed E-state index contributed by atoms with van der Waals surface area (Å²) in [5, 5.41) is 10.6. The fourth-order valence-electron chi connectivity index (χ4n) is 2.04. The fraction of sp³-hybridized carbons (Fsp3) is 0.250. The van der Waals surface area contributed by atoms with E-state index in [0.29, 0.717) is 12.4 Å². The largest absolute Gasteiger partial charge is 0.496 e. The molecule has 0 saturated carbocycles. The average molecular weight is 337 g/mol. The van der Waals surface area contributed by atoms with E-state index in [1.54, 1.807) is 7.11 Å². The van der Waals surface area contributed by atoms with Crippen molar-refractivity contribution in [2.24, 2.45) is 0 Å². The van der Waals surface area contributed by atoms with Crippen LogP contribution in [0.15, 0.2) is 46.9 Å². The van der Waals surface area contributed by atoms with Crippen LogP contribution in [0.1, 0.15) is 24.2 Å². The van der Waals surface area contributed by atoms with E-state index in [-0.39, 0.29) is 0 Å². The fourth-order valence-corrected chi connectivity index (χ4v) is 2.42. The van der Waals surface area contributed by atoms with Gasteiger partial charge in [-0.05, 0) is 42.8 Å². The molecule has 0 radical (unpaired) electrons. The molecule has 0 aliphatic carbocycles. The second-order valence-corrected chi connectivity index (χ2v) is 5.21. The second kappa shape index (κ2) is 6.77. The Morgan fingerprint density at radius 2 is 2.00 bits per heavy atom. The number of hydrogen-bond acceptors (Lipinski definition) is 3. The number of hydrogen-bond donors (Lipinski definition) is 1. The molecule has 2 aromatic carbocycles. The number of halogens is 1. The summed E-state index contributed by atoms with van der Waals surface area (Å²) in [4.78, 5) is 0. The summed E-state index contributed by atoms with van der Waals surface area (Å²) < 4.78 is 11.7. The van der Waals surface area contributed by atoms with Gasteiger partial charge in [0.05, 0.1) is 13.7 Å². The van der Waals surface area contributed by atoms with E-state index < -0.39 is 6.10 Å². The van der Waals surface area contributed by atoms with Gasteiger partial charge in [-0.3, -0.25) is 0 Å². The molecule has 0 spiro atoms. The highest BCUT2D eigenvalue weighted by Gasteiger charge is 2.16. The molecule has 4 heteroatoms. The van der Waals surface area contributed by atoms with Crippen LogP contribution in [0.5, 0.6) is 11.5 Å². The van der Waals surface area contributed by atoms with Gasteiger partial charge in [-0.2, -0.15) is 0 Å². The second-order valence-electron chi connectivity index (χ2n) is 4.29. The maximum Gasteiger partial charge on any atom is 0.125 e. The third kappa shape index (κ3) is 3.32. The lowest BCUT2D eigenvalue weighted by Gasteiger charge is -2.16. The molecule has 20 heavy (non-hydrogen) atoms. The van der Waals surface area contributed by atoms with E-state index in [2.05, 4.69) is 15.9 Å². The van der Waals surface area contributed by atoms with Crippen molar-refractivity contribution in [1.29, 1.82) is 0 Å². The SMILES string of the molecule is CCOc1cccc(C(O)c2cc(Br)ccc2OC)c1. The highest BCUT2D eigenvalue weighted by molar-refractivity contribution is 9.10. The Labute approximate surface area is 127 Å². The molecule has 0 amide bonds. The number of ether oxygens (including phenoxy) is 2. The predicted molar refractivity (Wildman–Crippen MR) is 82.4 cm³/mol. The van der Waals surface area contributed by atoms with Crippen molar-refractivity contribution < 1.29 is 14.6 Å². The lowest BCUT2D eigenvalue weighted by atomic mass is 10.0. The summed E-state index contributed by atoms with van der Waals surface area (Å²) in [7, 11) is 1.59. The molecule has 0 aliphatic rings. The van der Waals surface area contributed by atoms with E-state index in [0.717, 1.165) is 21.3 Å². The molecule has 1 unspecified atom stereocenters. The van der Waals surface area contributed by atoms with Gasteiger partial charge in [0.1, 0.15) is 17.6 Å². The molecule has 3 nitrogen and oxygen atoms in total. The van der Waals surface area contributed by atoms with Crippen LogP contribution in [-0.2, 0) is 0 Å². The lowest BCUT2D eigenvalue weighted by molar-refractivity contribution is 0.214. The first-order valence-corrected chi connectivity index (χ1v) is 7.19. The molecule has 0 aromatic heterocycles. The smallest absolute Gasteiger partial charge is 0.125 e. The topological polar surface area (TPSA) is 38.7 Å². The van der Waals surface area contributed by atoms with Crippen LogP contribution in [0.25, 0.3) is 0 Å². The Bertz CT molecular complexity index is 584. The van der Waals surface area contributed by atoms with Crippen molar-refractivity contribution in [1.82, 2.24) is 0 Å². The first kappa shape index (κ1) is 14.9. The minimum absolute atomic E-state index is 0.597. The van der Waals surface area contributed by atoms with E-state index in [1.807, 2.05) is 49.4 Å². The van der Waals surface area contributed by atoms with Gasteiger partial charge in [-0.25, -0.2) is 0 Å². The van der Waals surface area contributed by atoms with E-state index in [9.17, 15) is 5.11 Å². The summed E-state index contributed by atoms with van der Waals surface area (Å²) in [5.41, 5.74) is 1.49. The van der Waals surface area contributed by atoms with Crippen LogP contribution in [-0.4, -0.2) is 18.8 Å². The Morgan fingerprint density at radius 1 is 1.20 bits per heavy atom. The Hall–Kier alpha value is -1.52. The van der Waals surface area contributed by atoms with Gasteiger partial charge in [-0.1, -0.05) is 28.1 Å². The maximum absolute atomic E-state index is 10.6. The van der Waals surface area contributed by atoms with E-state index >= 15 is 0 Å². The van der Waals surface area contributed by atoms with Gasteiger partial charge in [-0.15, -0.1) is 0 Å².